The van der Waals surface area contributed by atoms with Crippen LogP contribution in [0.25, 0.3) is 0 Å². The molecular formula is C17H33IN4OS. The van der Waals surface area contributed by atoms with Gasteiger partial charge in [0.2, 0.25) is 0 Å². The van der Waals surface area contributed by atoms with Gasteiger partial charge in [-0.05, 0) is 32.7 Å². The van der Waals surface area contributed by atoms with Gasteiger partial charge in [0.25, 0.3) is 0 Å². The summed E-state index contributed by atoms with van der Waals surface area (Å²) >= 11 is 2.10. The molecule has 0 amide bonds. The van der Waals surface area contributed by atoms with Crippen LogP contribution in [0.5, 0.6) is 0 Å². The van der Waals surface area contributed by atoms with Gasteiger partial charge in [-0.15, -0.1) is 24.0 Å². The molecule has 0 radical (unpaired) electrons. The zero-order valence-corrected chi connectivity index (χ0v) is 18.2. The second-order valence-electron chi connectivity index (χ2n) is 6.79. The summed E-state index contributed by atoms with van der Waals surface area (Å²) in [5.41, 5.74) is 0. The molecule has 3 atom stereocenters. The van der Waals surface area contributed by atoms with E-state index in [0.717, 1.165) is 50.5 Å². The molecule has 0 aromatic heterocycles. The quantitative estimate of drug-likeness (QED) is 0.390. The molecule has 3 rings (SSSR count). The van der Waals surface area contributed by atoms with Crippen LogP contribution in [0, 0.1) is 0 Å². The highest BCUT2D eigenvalue weighted by atomic mass is 127. The highest BCUT2D eigenvalue weighted by Gasteiger charge is 2.32. The summed E-state index contributed by atoms with van der Waals surface area (Å²) in [6.07, 6.45) is 4.14. The van der Waals surface area contributed by atoms with Gasteiger partial charge >= 0.3 is 0 Å². The molecule has 140 valence electrons. The van der Waals surface area contributed by atoms with Gasteiger partial charge in [-0.25, -0.2) is 0 Å². The number of aliphatic imine (C=N–C) groups is 1. The monoisotopic (exact) mass is 468 g/mol. The van der Waals surface area contributed by atoms with Crippen molar-refractivity contribution in [3.05, 3.63) is 0 Å². The minimum atomic E-state index is 0. The summed E-state index contributed by atoms with van der Waals surface area (Å²) < 4.78 is 6.05. The molecule has 3 unspecified atom stereocenters. The summed E-state index contributed by atoms with van der Waals surface area (Å²) in [6, 6.07) is 0.674. The van der Waals surface area contributed by atoms with Crippen molar-refractivity contribution in [2.75, 3.05) is 51.6 Å². The number of thioether (sulfide) groups is 1. The van der Waals surface area contributed by atoms with E-state index in [9.17, 15) is 0 Å². The molecule has 3 heterocycles. The first-order chi connectivity index (χ1) is 11.3. The lowest BCUT2D eigenvalue weighted by Gasteiger charge is -2.36. The predicted molar refractivity (Wildman–Crippen MR) is 114 cm³/mol. The Labute approximate surface area is 168 Å². The van der Waals surface area contributed by atoms with E-state index in [2.05, 4.69) is 40.7 Å². The first-order valence-electron chi connectivity index (χ1n) is 9.30. The first-order valence-corrected chi connectivity index (χ1v) is 10.4. The zero-order chi connectivity index (χ0) is 16.1. The predicted octanol–water partition coefficient (Wildman–Crippen LogP) is 2.26. The van der Waals surface area contributed by atoms with E-state index in [0.29, 0.717) is 6.04 Å². The Bertz CT molecular complexity index is 412. The van der Waals surface area contributed by atoms with E-state index >= 15 is 0 Å². The van der Waals surface area contributed by atoms with E-state index in [1.165, 1.54) is 31.6 Å². The van der Waals surface area contributed by atoms with E-state index in [-0.39, 0.29) is 30.1 Å². The third kappa shape index (κ3) is 5.38. The van der Waals surface area contributed by atoms with Crippen LogP contribution in [-0.2, 0) is 4.74 Å². The largest absolute Gasteiger partial charge is 0.373 e. The Morgan fingerprint density at radius 1 is 1.29 bits per heavy atom. The molecule has 0 saturated carbocycles. The smallest absolute Gasteiger partial charge is 0.194 e. The van der Waals surface area contributed by atoms with Crippen molar-refractivity contribution in [3.63, 3.8) is 0 Å². The van der Waals surface area contributed by atoms with Crippen LogP contribution >= 0.6 is 35.7 Å². The van der Waals surface area contributed by atoms with Crippen molar-refractivity contribution in [3.8, 4) is 0 Å². The molecule has 3 aliphatic rings. The Hall–Kier alpha value is 0.270. The van der Waals surface area contributed by atoms with Gasteiger partial charge < -0.3 is 15.0 Å². The van der Waals surface area contributed by atoms with Crippen LogP contribution in [0.1, 0.15) is 33.1 Å². The average Bonchev–Trinajstić information content (AvgIpc) is 3.06. The molecule has 3 aliphatic heterocycles. The maximum absolute atomic E-state index is 6.05. The van der Waals surface area contributed by atoms with Crippen molar-refractivity contribution in [2.45, 2.75) is 50.5 Å². The highest BCUT2D eigenvalue weighted by molar-refractivity contribution is 14.0. The number of halogens is 1. The Morgan fingerprint density at radius 3 is 2.96 bits per heavy atom. The minimum Gasteiger partial charge on any atom is -0.373 e. The number of ether oxygens (including phenoxy) is 1. The van der Waals surface area contributed by atoms with E-state index in [1.54, 1.807) is 0 Å². The van der Waals surface area contributed by atoms with Crippen molar-refractivity contribution < 1.29 is 4.74 Å². The van der Waals surface area contributed by atoms with Crippen LogP contribution < -0.4 is 5.32 Å². The molecule has 0 spiro atoms. The Morgan fingerprint density at radius 2 is 2.17 bits per heavy atom. The number of nitrogens with zero attached hydrogens (tertiary/aromatic N) is 3. The van der Waals surface area contributed by atoms with Crippen molar-refractivity contribution in [1.82, 2.24) is 15.1 Å². The van der Waals surface area contributed by atoms with Crippen LogP contribution in [0.3, 0.4) is 0 Å². The average molecular weight is 468 g/mol. The Kier molecular flexibility index (Phi) is 8.94. The standard InChI is InChI=1S/C17H32N4OS.HI/c1-3-16-12-21(8-9-23-16)17(18-4-2)19-10-15-11-20-7-5-6-14(20)13-22-15;/h14-16H,3-13H2,1-2H3,(H,18,19);1H. The minimum absolute atomic E-state index is 0. The van der Waals surface area contributed by atoms with Crippen molar-refractivity contribution in [2.24, 2.45) is 4.99 Å². The maximum atomic E-state index is 6.05. The van der Waals surface area contributed by atoms with E-state index in [4.69, 9.17) is 9.73 Å². The fraction of sp³-hybridized carbons (Fsp3) is 0.941. The second kappa shape index (κ2) is 10.4. The normalized spacial score (nSPS) is 31.5. The van der Waals surface area contributed by atoms with Crippen molar-refractivity contribution >= 4 is 41.7 Å². The fourth-order valence-electron chi connectivity index (χ4n) is 3.77. The third-order valence-electron chi connectivity index (χ3n) is 5.13. The van der Waals surface area contributed by atoms with Gasteiger partial charge in [0.15, 0.2) is 5.96 Å². The first kappa shape index (κ1) is 20.6. The summed E-state index contributed by atoms with van der Waals surface area (Å²) in [5, 5.41) is 4.22. The summed E-state index contributed by atoms with van der Waals surface area (Å²) in [5.74, 6) is 2.29. The SMILES string of the molecule is CCNC(=NCC1CN2CCCC2CO1)N1CCSC(CC)C1.I. The maximum Gasteiger partial charge on any atom is 0.194 e. The fourth-order valence-corrected chi connectivity index (χ4v) is 4.95. The Balaban J connectivity index is 0.00000208. The van der Waals surface area contributed by atoms with Gasteiger partial charge in [-0.3, -0.25) is 9.89 Å². The topological polar surface area (TPSA) is 40.1 Å². The molecule has 0 aliphatic carbocycles. The highest BCUT2D eigenvalue weighted by Crippen LogP contribution is 2.23. The molecule has 3 fully saturated rings. The van der Waals surface area contributed by atoms with Crippen LogP contribution in [0.2, 0.25) is 0 Å². The molecule has 3 saturated heterocycles. The summed E-state index contributed by atoms with van der Waals surface area (Å²) in [7, 11) is 0. The van der Waals surface area contributed by atoms with Crippen LogP contribution in [-0.4, -0.2) is 84.8 Å². The number of hydrogen-bond donors (Lipinski definition) is 1. The number of rotatable bonds is 4. The number of guanidine groups is 1. The molecule has 7 heteroatoms. The number of hydrogen-bond acceptors (Lipinski definition) is 4. The van der Waals surface area contributed by atoms with E-state index < -0.39 is 0 Å². The van der Waals surface area contributed by atoms with Gasteiger partial charge in [-0.2, -0.15) is 11.8 Å². The second-order valence-corrected chi connectivity index (χ2v) is 8.20. The van der Waals surface area contributed by atoms with Gasteiger partial charge in [0.1, 0.15) is 0 Å². The molecule has 24 heavy (non-hydrogen) atoms. The lowest BCUT2D eigenvalue weighted by atomic mass is 10.2. The number of nitrogens with one attached hydrogen (secondary N) is 1. The molecule has 1 N–H and O–H groups in total. The molecule has 0 bridgehead atoms. The molecule has 0 aromatic carbocycles. The molecule has 5 nitrogen and oxygen atoms in total. The van der Waals surface area contributed by atoms with E-state index in [1.807, 2.05) is 0 Å². The van der Waals surface area contributed by atoms with Gasteiger partial charge in [0.05, 0.1) is 19.3 Å². The third-order valence-corrected chi connectivity index (χ3v) is 6.51. The lowest BCUT2D eigenvalue weighted by Crippen LogP contribution is -2.49. The van der Waals surface area contributed by atoms with Crippen LogP contribution in [0.4, 0.5) is 0 Å². The molecule has 0 aromatic rings. The lowest BCUT2D eigenvalue weighted by molar-refractivity contribution is -0.0432. The zero-order valence-electron chi connectivity index (χ0n) is 15.1. The van der Waals surface area contributed by atoms with Gasteiger partial charge in [-0.1, -0.05) is 6.92 Å². The number of fused-ring (bicyclic) bond motifs is 1. The number of morpholine rings is 1. The van der Waals surface area contributed by atoms with Gasteiger partial charge in [0, 0.05) is 43.2 Å². The summed E-state index contributed by atoms with van der Waals surface area (Å²) in [6.45, 7) is 11.6. The molecular weight excluding hydrogens is 435 g/mol. The summed E-state index contributed by atoms with van der Waals surface area (Å²) in [4.78, 5) is 9.95. The van der Waals surface area contributed by atoms with Crippen LogP contribution in [0.15, 0.2) is 4.99 Å². The van der Waals surface area contributed by atoms with Crippen molar-refractivity contribution in [1.29, 1.82) is 0 Å².